The van der Waals surface area contributed by atoms with Crippen molar-refractivity contribution >= 4 is 0 Å². The summed E-state index contributed by atoms with van der Waals surface area (Å²) in [6, 6.07) is 8.25. The van der Waals surface area contributed by atoms with Crippen molar-refractivity contribution in [2.45, 2.75) is 13.8 Å². The van der Waals surface area contributed by atoms with Crippen molar-refractivity contribution in [2.24, 2.45) is 5.92 Å². The largest absolute Gasteiger partial charge is 0.493 e. The molecule has 0 saturated carbocycles. The molecule has 0 aromatic heterocycles. The summed E-state index contributed by atoms with van der Waals surface area (Å²) in [4.78, 5) is 2.45. The summed E-state index contributed by atoms with van der Waals surface area (Å²) < 4.78 is 11.2. The first-order chi connectivity index (χ1) is 8.74. The van der Waals surface area contributed by atoms with Gasteiger partial charge in [0.1, 0.15) is 5.75 Å². The number of rotatable bonds is 5. The van der Waals surface area contributed by atoms with Gasteiger partial charge in [-0.25, -0.2) is 0 Å². The van der Waals surface area contributed by atoms with Crippen LogP contribution < -0.4 is 4.74 Å². The fraction of sp³-hybridized carbons (Fsp3) is 0.600. The third kappa shape index (κ3) is 4.31. The molecule has 0 radical (unpaired) electrons. The van der Waals surface area contributed by atoms with Crippen molar-refractivity contribution in [3.8, 4) is 5.75 Å². The Labute approximate surface area is 110 Å². The van der Waals surface area contributed by atoms with Gasteiger partial charge in [0, 0.05) is 25.6 Å². The van der Waals surface area contributed by atoms with E-state index >= 15 is 0 Å². The van der Waals surface area contributed by atoms with Crippen molar-refractivity contribution < 1.29 is 9.47 Å². The molecule has 2 rings (SSSR count). The molecule has 18 heavy (non-hydrogen) atoms. The highest BCUT2D eigenvalue weighted by molar-refractivity contribution is 5.26. The minimum absolute atomic E-state index is 0.546. The maximum Gasteiger partial charge on any atom is 0.119 e. The first-order valence-corrected chi connectivity index (χ1v) is 6.73. The van der Waals surface area contributed by atoms with E-state index in [1.807, 2.05) is 12.1 Å². The van der Waals surface area contributed by atoms with E-state index in [1.165, 1.54) is 5.56 Å². The molecule has 3 nitrogen and oxygen atoms in total. The lowest BCUT2D eigenvalue weighted by Crippen LogP contribution is -2.39. The Morgan fingerprint density at radius 1 is 1.22 bits per heavy atom. The molecular formula is C15H23NO2. The zero-order valence-corrected chi connectivity index (χ0v) is 11.4. The minimum atomic E-state index is 0.546. The number of ether oxygens (including phenoxy) is 2. The van der Waals surface area contributed by atoms with E-state index in [-0.39, 0.29) is 0 Å². The van der Waals surface area contributed by atoms with Crippen LogP contribution in [-0.4, -0.2) is 44.4 Å². The van der Waals surface area contributed by atoms with E-state index in [1.54, 1.807) is 0 Å². The number of hydrogen-bond donors (Lipinski definition) is 0. The zero-order chi connectivity index (χ0) is 12.8. The van der Waals surface area contributed by atoms with Gasteiger partial charge in [-0.1, -0.05) is 24.6 Å². The number of aryl methyl sites for hydroxylation is 1. The summed E-state index contributed by atoms with van der Waals surface area (Å²) in [6.07, 6.45) is 0. The summed E-state index contributed by atoms with van der Waals surface area (Å²) in [5, 5.41) is 0. The van der Waals surface area contributed by atoms with Gasteiger partial charge in [-0.3, -0.25) is 4.90 Å². The molecule has 1 aliphatic heterocycles. The maximum absolute atomic E-state index is 5.81. The summed E-state index contributed by atoms with van der Waals surface area (Å²) in [7, 11) is 0. The first kappa shape index (κ1) is 13.4. The SMILES string of the molecule is Cc1ccc(OCC(C)CN2CCOCC2)cc1. The molecule has 3 heteroatoms. The summed E-state index contributed by atoms with van der Waals surface area (Å²) in [5.41, 5.74) is 1.27. The number of benzene rings is 1. The predicted octanol–water partition coefficient (Wildman–Crippen LogP) is 2.34. The lowest BCUT2D eigenvalue weighted by Gasteiger charge is -2.29. The summed E-state index contributed by atoms with van der Waals surface area (Å²) in [5.74, 6) is 1.51. The van der Waals surface area contributed by atoms with E-state index in [2.05, 4.69) is 30.9 Å². The highest BCUT2D eigenvalue weighted by Gasteiger charge is 2.13. The highest BCUT2D eigenvalue weighted by Crippen LogP contribution is 2.13. The van der Waals surface area contributed by atoms with Gasteiger partial charge < -0.3 is 9.47 Å². The van der Waals surface area contributed by atoms with Gasteiger partial charge in [0.15, 0.2) is 0 Å². The quantitative estimate of drug-likeness (QED) is 0.799. The normalized spacial score (nSPS) is 18.6. The highest BCUT2D eigenvalue weighted by atomic mass is 16.5. The summed E-state index contributed by atoms with van der Waals surface area (Å²) in [6.45, 7) is 10.0. The van der Waals surface area contributed by atoms with Crippen LogP contribution in [0.3, 0.4) is 0 Å². The monoisotopic (exact) mass is 249 g/mol. The lowest BCUT2D eigenvalue weighted by atomic mass is 10.2. The van der Waals surface area contributed by atoms with Crippen molar-refractivity contribution in [3.63, 3.8) is 0 Å². The van der Waals surface area contributed by atoms with Crippen LogP contribution in [0.4, 0.5) is 0 Å². The van der Waals surface area contributed by atoms with Gasteiger partial charge in [-0.2, -0.15) is 0 Å². The van der Waals surface area contributed by atoms with Crippen LogP contribution >= 0.6 is 0 Å². The average Bonchev–Trinajstić information content (AvgIpc) is 2.39. The fourth-order valence-electron chi connectivity index (χ4n) is 2.15. The third-order valence-electron chi connectivity index (χ3n) is 3.23. The molecule has 0 spiro atoms. The molecule has 1 aliphatic rings. The Morgan fingerprint density at radius 2 is 1.89 bits per heavy atom. The van der Waals surface area contributed by atoms with Gasteiger partial charge in [0.25, 0.3) is 0 Å². The predicted molar refractivity (Wildman–Crippen MR) is 73.1 cm³/mol. The summed E-state index contributed by atoms with van der Waals surface area (Å²) >= 11 is 0. The molecule has 1 atom stereocenters. The van der Waals surface area contributed by atoms with Crippen LogP contribution in [0, 0.1) is 12.8 Å². The van der Waals surface area contributed by atoms with Crippen LogP contribution in [0.1, 0.15) is 12.5 Å². The van der Waals surface area contributed by atoms with Gasteiger partial charge in [-0.05, 0) is 19.1 Å². The number of hydrogen-bond acceptors (Lipinski definition) is 3. The Kier molecular flexibility index (Phi) is 5.02. The molecule has 1 heterocycles. The van der Waals surface area contributed by atoms with Crippen LogP contribution in [0.2, 0.25) is 0 Å². The van der Waals surface area contributed by atoms with E-state index in [4.69, 9.17) is 9.47 Å². The standard InChI is InChI=1S/C15H23NO2/c1-13-3-5-15(6-4-13)18-12-14(2)11-16-7-9-17-10-8-16/h3-6,14H,7-12H2,1-2H3. The van der Waals surface area contributed by atoms with Crippen LogP contribution in [0.5, 0.6) is 5.75 Å². The molecular weight excluding hydrogens is 226 g/mol. The second-order valence-corrected chi connectivity index (χ2v) is 5.14. The average molecular weight is 249 g/mol. The number of morpholine rings is 1. The Bertz CT molecular complexity index is 344. The van der Waals surface area contributed by atoms with E-state index in [0.717, 1.165) is 45.2 Å². The van der Waals surface area contributed by atoms with Crippen LogP contribution in [0.25, 0.3) is 0 Å². The molecule has 1 aromatic carbocycles. The zero-order valence-electron chi connectivity index (χ0n) is 11.4. The van der Waals surface area contributed by atoms with Crippen molar-refractivity contribution in [1.82, 2.24) is 4.90 Å². The van der Waals surface area contributed by atoms with E-state index < -0.39 is 0 Å². The molecule has 1 saturated heterocycles. The first-order valence-electron chi connectivity index (χ1n) is 6.73. The smallest absolute Gasteiger partial charge is 0.119 e. The fourth-order valence-corrected chi connectivity index (χ4v) is 2.15. The second-order valence-electron chi connectivity index (χ2n) is 5.14. The Hall–Kier alpha value is -1.06. The van der Waals surface area contributed by atoms with E-state index in [9.17, 15) is 0 Å². The molecule has 0 bridgehead atoms. The molecule has 100 valence electrons. The number of nitrogens with zero attached hydrogens (tertiary/aromatic N) is 1. The van der Waals surface area contributed by atoms with Crippen molar-refractivity contribution in [2.75, 3.05) is 39.5 Å². The maximum atomic E-state index is 5.81. The van der Waals surface area contributed by atoms with Gasteiger partial charge in [0.2, 0.25) is 0 Å². The van der Waals surface area contributed by atoms with Gasteiger partial charge >= 0.3 is 0 Å². The second kappa shape index (κ2) is 6.76. The third-order valence-corrected chi connectivity index (χ3v) is 3.23. The molecule has 0 N–H and O–H groups in total. The Morgan fingerprint density at radius 3 is 2.56 bits per heavy atom. The van der Waals surface area contributed by atoms with Gasteiger partial charge in [-0.15, -0.1) is 0 Å². The van der Waals surface area contributed by atoms with Crippen molar-refractivity contribution in [1.29, 1.82) is 0 Å². The molecule has 0 amide bonds. The Balaban J connectivity index is 1.70. The lowest BCUT2D eigenvalue weighted by molar-refractivity contribution is 0.0283. The van der Waals surface area contributed by atoms with Crippen LogP contribution in [0.15, 0.2) is 24.3 Å². The molecule has 1 fully saturated rings. The van der Waals surface area contributed by atoms with Crippen LogP contribution in [-0.2, 0) is 4.74 Å². The topological polar surface area (TPSA) is 21.7 Å². The molecule has 1 aromatic rings. The molecule has 1 unspecified atom stereocenters. The minimum Gasteiger partial charge on any atom is -0.493 e. The van der Waals surface area contributed by atoms with Crippen molar-refractivity contribution in [3.05, 3.63) is 29.8 Å². The van der Waals surface area contributed by atoms with E-state index in [0.29, 0.717) is 5.92 Å². The van der Waals surface area contributed by atoms with Gasteiger partial charge in [0.05, 0.1) is 19.8 Å². The molecule has 0 aliphatic carbocycles.